The molecule has 1 aliphatic carbocycles. The van der Waals surface area contributed by atoms with Crippen molar-refractivity contribution in [1.29, 1.82) is 0 Å². The molecule has 2 rings (SSSR count). The standard InChI is InChI=1S/C22H34O/c1-4-6-8-10-21-17-20(15-16-22(21)23-3)19-13-11-18(12-14-19)9-7-5-2/h5,7,15-19H,4,6,8-14H2,1-3H3/t18-,19-. The molecular weight excluding hydrogens is 280 g/mol. The lowest BCUT2D eigenvalue weighted by atomic mass is 9.77. The molecule has 1 fully saturated rings. The molecule has 0 unspecified atom stereocenters. The van der Waals surface area contributed by atoms with Gasteiger partial charge in [-0.25, -0.2) is 0 Å². The van der Waals surface area contributed by atoms with Gasteiger partial charge in [0.2, 0.25) is 0 Å². The Hall–Kier alpha value is -1.24. The van der Waals surface area contributed by atoms with E-state index in [0.29, 0.717) is 0 Å². The summed E-state index contributed by atoms with van der Waals surface area (Å²) in [5, 5.41) is 0. The van der Waals surface area contributed by atoms with Crippen LogP contribution in [0.1, 0.15) is 82.3 Å². The summed E-state index contributed by atoms with van der Waals surface area (Å²) >= 11 is 0. The summed E-state index contributed by atoms with van der Waals surface area (Å²) in [6.45, 7) is 4.39. The summed E-state index contributed by atoms with van der Waals surface area (Å²) in [6.07, 6.45) is 16.3. The summed E-state index contributed by atoms with van der Waals surface area (Å²) in [5.74, 6) is 2.74. The number of hydrogen-bond donors (Lipinski definition) is 0. The quantitative estimate of drug-likeness (QED) is 0.384. The van der Waals surface area contributed by atoms with Gasteiger partial charge in [-0.15, -0.1) is 0 Å². The van der Waals surface area contributed by atoms with Crippen LogP contribution in [0.3, 0.4) is 0 Å². The van der Waals surface area contributed by atoms with E-state index >= 15 is 0 Å². The van der Waals surface area contributed by atoms with Gasteiger partial charge in [0.25, 0.3) is 0 Å². The summed E-state index contributed by atoms with van der Waals surface area (Å²) in [6, 6.07) is 6.94. The van der Waals surface area contributed by atoms with Crippen LogP contribution in [0, 0.1) is 5.92 Å². The highest BCUT2D eigenvalue weighted by Crippen LogP contribution is 2.38. The van der Waals surface area contributed by atoms with E-state index in [-0.39, 0.29) is 0 Å². The Morgan fingerprint density at radius 2 is 1.91 bits per heavy atom. The van der Waals surface area contributed by atoms with Crippen LogP contribution in [0.2, 0.25) is 0 Å². The molecule has 0 aromatic heterocycles. The molecule has 0 amide bonds. The average molecular weight is 315 g/mol. The second-order valence-electron chi connectivity index (χ2n) is 7.05. The SMILES string of the molecule is CC=CC[C@H]1CC[C@H](c2ccc(OC)c(CCCCC)c2)CC1. The summed E-state index contributed by atoms with van der Waals surface area (Å²) in [7, 11) is 1.80. The number of benzene rings is 1. The van der Waals surface area contributed by atoms with Crippen LogP contribution in [0.25, 0.3) is 0 Å². The Labute approximate surface area is 143 Å². The lowest BCUT2D eigenvalue weighted by molar-refractivity contribution is 0.328. The number of hydrogen-bond acceptors (Lipinski definition) is 1. The van der Waals surface area contributed by atoms with Crippen LogP contribution < -0.4 is 4.74 Å². The van der Waals surface area contributed by atoms with Crippen LogP contribution in [0.4, 0.5) is 0 Å². The minimum atomic E-state index is 0.757. The van der Waals surface area contributed by atoms with Gasteiger partial charge < -0.3 is 4.74 Å². The van der Waals surface area contributed by atoms with Crippen molar-refractivity contribution in [2.24, 2.45) is 5.92 Å². The highest BCUT2D eigenvalue weighted by atomic mass is 16.5. The summed E-state index contributed by atoms with van der Waals surface area (Å²) in [4.78, 5) is 0. The number of rotatable bonds is 8. The number of allylic oxidation sites excluding steroid dienone is 2. The molecule has 0 saturated heterocycles. The molecule has 1 aromatic carbocycles. The zero-order valence-corrected chi connectivity index (χ0v) is 15.3. The van der Waals surface area contributed by atoms with Crippen LogP contribution >= 0.6 is 0 Å². The fourth-order valence-electron chi connectivity index (χ4n) is 3.87. The van der Waals surface area contributed by atoms with E-state index in [0.717, 1.165) is 24.0 Å². The Kier molecular flexibility index (Phi) is 7.71. The van der Waals surface area contributed by atoms with Crippen molar-refractivity contribution in [2.75, 3.05) is 7.11 Å². The van der Waals surface area contributed by atoms with E-state index in [2.05, 4.69) is 44.2 Å². The van der Waals surface area contributed by atoms with Gasteiger partial charge in [0.15, 0.2) is 0 Å². The summed E-state index contributed by atoms with van der Waals surface area (Å²) in [5.41, 5.74) is 2.95. The van der Waals surface area contributed by atoms with E-state index in [1.54, 1.807) is 12.7 Å². The van der Waals surface area contributed by atoms with Gasteiger partial charge in [-0.1, -0.05) is 44.1 Å². The summed E-state index contributed by atoms with van der Waals surface area (Å²) < 4.78 is 5.57. The number of ether oxygens (including phenoxy) is 1. The molecule has 0 radical (unpaired) electrons. The second-order valence-corrected chi connectivity index (χ2v) is 7.05. The number of unbranched alkanes of at least 4 members (excludes halogenated alkanes) is 2. The molecule has 0 heterocycles. The normalized spacial score (nSPS) is 21.7. The molecule has 0 bridgehead atoms. The first-order valence-electron chi connectivity index (χ1n) is 9.56. The van der Waals surface area contributed by atoms with Crippen LogP contribution in [-0.4, -0.2) is 7.11 Å². The molecule has 0 atom stereocenters. The zero-order chi connectivity index (χ0) is 16.5. The molecule has 1 nitrogen and oxygen atoms in total. The van der Waals surface area contributed by atoms with Gasteiger partial charge in [0.05, 0.1) is 7.11 Å². The Balaban J connectivity index is 1.98. The monoisotopic (exact) mass is 314 g/mol. The Bertz CT molecular complexity index is 481. The van der Waals surface area contributed by atoms with Gasteiger partial charge in [0.1, 0.15) is 5.75 Å². The zero-order valence-electron chi connectivity index (χ0n) is 15.3. The molecule has 1 aromatic rings. The third-order valence-electron chi connectivity index (χ3n) is 5.38. The number of aryl methyl sites for hydroxylation is 1. The molecular formula is C22H34O. The molecule has 23 heavy (non-hydrogen) atoms. The van der Waals surface area contributed by atoms with E-state index in [1.165, 1.54) is 56.9 Å². The predicted molar refractivity (Wildman–Crippen MR) is 100 cm³/mol. The molecule has 1 aliphatic rings. The average Bonchev–Trinajstić information content (AvgIpc) is 2.60. The van der Waals surface area contributed by atoms with Gasteiger partial charge in [-0.05, 0) is 80.9 Å². The van der Waals surface area contributed by atoms with Gasteiger partial charge >= 0.3 is 0 Å². The fraction of sp³-hybridized carbons (Fsp3) is 0.636. The fourth-order valence-corrected chi connectivity index (χ4v) is 3.87. The smallest absolute Gasteiger partial charge is 0.122 e. The van der Waals surface area contributed by atoms with Crippen molar-refractivity contribution in [3.05, 3.63) is 41.5 Å². The highest BCUT2D eigenvalue weighted by Gasteiger charge is 2.22. The maximum atomic E-state index is 5.57. The van der Waals surface area contributed by atoms with Crippen molar-refractivity contribution < 1.29 is 4.74 Å². The van der Waals surface area contributed by atoms with Crippen molar-refractivity contribution in [2.45, 2.75) is 77.6 Å². The first-order chi connectivity index (χ1) is 11.3. The third kappa shape index (κ3) is 5.41. The van der Waals surface area contributed by atoms with Crippen LogP contribution in [0.15, 0.2) is 30.4 Å². The van der Waals surface area contributed by atoms with Crippen molar-refractivity contribution in [1.82, 2.24) is 0 Å². The lowest BCUT2D eigenvalue weighted by Crippen LogP contribution is -2.13. The van der Waals surface area contributed by atoms with E-state index in [9.17, 15) is 0 Å². The number of methoxy groups -OCH3 is 1. The predicted octanol–water partition coefficient (Wildman–Crippen LogP) is 6.67. The second kappa shape index (κ2) is 9.80. The maximum Gasteiger partial charge on any atom is 0.122 e. The molecule has 128 valence electrons. The van der Waals surface area contributed by atoms with Crippen molar-refractivity contribution in [3.8, 4) is 5.75 Å². The maximum absolute atomic E-state index is 5.57. The molecule has 0 aliphatic heterocycles. The topological polar surface area (TPSA) is 9.23 Å². The highest BCUT2D eigenvalue weighted by molar-refractivity contribution is 5.39. The molecule has 1 heteroatoms. The van der Waals surface area contributed by atoms with Crippen molar-refractivity contribution >= 4 is 0 Å². The van der Waals surface area contributed by atoms with Crippen LogP contribution in [0.5, 0.6) is 5.75 Å². The molecule has 1 saturated carbocycles. The Morgan fingerprint density at radius 3 is 2.57 bits per heavy atom. The van der Waals surface area contributed by atoms with Crippen LogP contribution in [-0.2, 0) is 6.42 Å². The first kappa shape index (κ1) is 18.1. The largest absolute Gasteiger partial charge is 0.496 e. The Morgan fingerprint density at radius 1 is 1.13 bits per heavy atom. The molecule has 0 spiro atoms. The lowest BCUT2D eigenvalue weighted by Gasteiger charge is -2.28. The van der Waals surface area contributed by atoms with E-state index in [1.807, 2.05) is 0 Å². The van der Waals surface area contributed by atoms with E-state index < -0.39 is 0 Å². The first-order valence-corrected chi connectivity index (χ1v) is 9.56. The minimum absolute atomic E-state index is 0.757. The van der Waals surface area contributed by atoms with E-state index in [4.69, 9.17) is 4.74 Å². The van der Waals surface area contributed by atoms with Crippen molar-refractivity contribution in [3.63, 3.8) is 0 Å². The minimum Gasteiger partial charge on any atom is -0.496 e. The van der Waals surface area contributed by atoms with Gasteiger partial charge in [-0.3, -0.25) is 0 Å². The van der Waals surface area contributed by atoms with Gasteiger partial charge in [-0.2, -0.15) is 0 Å². The van der Waals surface area contributed by atoms with Gasteiger partial charge in [0, 0.05) is 0 Å². The third-order valence-corrected chi connectivity index (χ3v) is 5.38. The molecule has 0 N–H and O–H groups in total.